The zero-order valence-electron chi connectivity index (χ0n) is 32.5. The lowest BCUT2D eigenvalue weighted by molar-refractivity contribution is 0.668. The molecule has 0 bridgehead atoms. The van der Waals surface area contributed by atoms with Gasteiger partial charge in [-0.25, -0.2) is 0 Å². The Labute approximate surface area is 341 Å². The van der Waals surface area contributed by atoms with Crippen molar-refractivity contribution in [2.45, 2.75) is 12.8 Å². The second-order valence-corrected chi connectivity index (χ2v) is 15.7. The Morgan fingerprint density at radius 1 is 0.441 bits per heavy atom. The highest BCUT2D eigenvalue weighted by Gasteiger charge is 2.21. The summed E-state index contributed by atoms with van der Waals surface area (Å²) in [6.45, 7) is 3.05. The Hall–Kier alpha value is -7.56. The summed E-state index contributed by atoms with van der Waals surface area (Å²) in [6.07, 6.45) is 8.90. The third kappa shape index (κ3) is 5.44. The fraction of sp³-hybridized carbons (Fsp3) is 0.0545. The molecule has 0 amide bonds. The van der Waals surface area contributed by atoms with Gasteiger partial charge in [0.15, 0.2) is 0 Å². The van der Waals surface area contributed by atoms with Gasteiger partial charge in [0.25, 0.3) is 0 Å². The molecule has 0 radical (unpaired) electrons. The van der Waals surface area contributed by atoms with Gasteiger partial charge < -0.3 is 18.3 Å². The van der Waals surface area contributed by atoms with Gasteiger partial charge in [-0.2, -0.15) is 0 Å². The number of allylic oxidation sites excluding steroid dienone is 3. The van der Waals surface area contributed by atoms with E-state index in [1.807, 2.05) is 24.3 Å². The van der Waals surface area contributed by atoms with Crippen LogP contribution in [0.1, 0.15) is 18.4 Å². The lowest BCUT2D eigenvalue weighted by Gasteiger charge is -2.28. The molecule has 4 nitrogen and oxygen atoms in total. The molecule has 1 aliphatic heterocycles. The van der Waals surface area contributed by atoms with Crippen molar-refractivity contribution in [2.75, 3.05) is 11.4 Å². The Balaban J connectivity index is 1.02. The first-order valence-corrected chi connectivity index (χ1v) is 20.4. The van der Waals surface area contributed by atoms with Crippen LogP contribution in [0, 0.1) is 0 Å². The molecule has 59 heavy (non-hydrogen) atoms. The summed E-state index contributed by atoms with van der Waals surface area (Å²) in [4.78, 5) is 2.43. The molecule has 0 fully saturated rings. The first-order chi connectivity index (χ1) is 29.1. The molecular formula is C55H38N2O2. The van der Waals surface area contributed by atoms with Crippen molar-refractivity contribution in [3.05, 3.63) is 200 Å². The lowest BCUT2D eigenvalue weighted by Crippen LogP contribution is -2.18. The van der Waals surface area contributed by atoms with Crippen molar-refractivity contribution in [2.24, 2.45) is 0 Å². The first kappa shape index (κ1) is 33.6. The lowest BCUT2D eigenvalue weighted by atomic mass is 9.92. The summed E-state index contributed by atoms with van der Waals surface area (Å²) in [6, 6.07) is 61.3. The molecule has 3 aromatic heterocycles. The molecule has 12 rings (SSSR count). The predicted octanol–water partition coefficient (Wildman–Crippen LogP) is 15.3. The summed E-state index contributed by atoms with van der Waals surface area (Å²) in [7, 11) is 0. The van der Waals surface area contributed by atoms with Crippen LogP contribution in [0.3, 0.4) is 0 Å². The topological polar surface area (TPSA) is 34.5 Å². The van der Waals surface area contributed by atoms with Gasteiger partial charge in [-0.1, -0.05) is 116 Å². The van der Waals surface area contributed by atoms with Crippen LogP contribution in [0.5, 0.6) is 0 Å². The van der Waals surface area contributed by atoms with Crippen LogP contribution in [0.4, 0.5) is 11.4 Å². The van der Waals surface area contributed by atoms with Crippen LogP contribution >= 0.6 is 0 Å². The van der Waals surface area contributed by atoms with E-state index < -0.39 is 0 Å². The van der Waals surface area contributed by atoms with Gasteiger partial charge in [0.2, 0.25) is 0 Å². The number of hydrogen-bond acceptors (Lipinski definition) is 3. The van der Waals surface area contributed by atoms with E-state index in [0.29, 0.717) is 0 Å². The van der Waals surface area contributed by atoms with E-state index in [-0.39, 0.29) is 5.92 Å². The quantitative estimate of drug-likeness (QED) is 0.179. The monoisotopic (exact) mass is 758 g/mol. The minimum atomic E-state index is 0.196. The van der Waals surface area contributed by atoms with Gasteiger partial charge in [0.1, 0.15) is 22.3 Å². The molecule has 4 heterocycles. The maximum absolute atomic E-state index is 6.23. The van der Waals surface area contributed by atoms with Gasteiger partial charge in [0.05, 0.1) is 11.0 Å². The maximum Gasteiger partial charge on any atom is 0.135 e. The number of benzene rings is 8. The molecule has 4 heteroatoms. The SMILES string of the molecule is CC1/C=C\C=C/CN(c2ccc3oc4ccccc4c3c2)c2ccc(-c3ccc4c(c3)c3cc(-c5ccccc5)ccc3n4-c3ccc4oc5ccccc5c4c3)cc21. The van der Waals surface area contributed by atoms with E-state index in [9.17, 15) is 0 Å². The fourth-order valence-corrected chi connectivity index (χ4v) is 9.29. The van der Waals surface area contributed by atoms with E-state index in [4.69, 9.17) is 8.83 Å². The Kier molecular flexibility index (Phi) is 7.54. The highest BCUT2D eigenvalue weighted by atomic mass is 16.3. The number of aromatic nitrogens is 1. The van der Waals surface area contributed by atoms with Crippen molar-refractivity contribution in [3.8, 4) is 27.9 Å². The second kappa shape index (κ2) is 13.3. The largest absolute Gasteiger partial charge is 0.456 e. The van der Waals surface area contributed by atoms with Crippen molar-refractivity contribution in [1.29, 1.82) is 0 Å². The van der Waals surface area contributed by atoms with Crippen LogP contribution < -0.4 is 4.90 Å². The summed E-state index contributed by atoms with van der Waals surface area (Å²) < 4.78 is 14.8. The van der Waals surface area contributed by atoms with E-state index in [0.717, 1.165) is 61.8 Å². The molecule has 280 valence electrons. The number of nitrogens with zero attached hydrogens (tertiary/aromatic N) is 2. The van der Waals surface area contributed by atoms with Crippen LogP contribution in [0.15, 0.2) is 203 Å². The predicted molar refractivity (Wildman–Crippen MR) is 246 cm³/mol. The zero-order valence-corrected chi connectivity index (χ0v) is 32.5. The van der Waals surface area contributed by atoms with E-state index >= 15 is 0 Å². The smallest absolute Gasteiger partial charge is 0.135 e. The van der Waals surface area contributed by atoms with Crippen LogP contribution in [-0.2, 0) is 0 Å². The average Bonchev–Trinajstić information content (AvgIpc) is 3.97. The minimum absolute atomic E-state index is 0.196. The summed E-state index contributed by atoms with van der Waals surface area (Å²) in [5, 5.41) is 6.95. The van der Waals surface area contributed by atoms with Gasteiger partial charge in [-0.3, -0.25) is 0 Å². The third-order valence-electron chi connectivity index (χ3n) is 12.2. The molecule has 1 unspecified atom stereocenters. The molecule has 0 saturated carbocycles. The maximum atomic E-state index is 6.23. The molecule has 1 atom stereocenters. The van der Waals surface area contributed by atoms with E-state index in [2.05, 4.69) is 186 Å². The van der Waals surface area contributed by atoms with Crippen molar-refractivity contribution >= 4 is 77.1 Å². The summed E-state index contributed by atoms with van der Waals surface area (Å²) >= 11 is 0. The zero-order chi connectivity index (χ0) is 39.0. The summed E-state index contributed by atoms with van der Waals surface area (Å²) in [5.74, 6) is 0.196. The highest BCUT2D eigenvalue weighted by molar-refractivity contribution is 6.13. The van der Waals surface area contributed by atoms with Gasteiger partial charge in [0, 0.05) is 61.8 Å². The number of furan rings is 2. The van der Waals surface area contributed by atoms with Gasteiger partial charge in [-0.15, -0.1) is 0 Å². The number of para-hydroxylation sites is 2. The minimum Gasteiger partial charge on any atom is -0.456 e. The van der Waals surface area contributed by atoms with Crippen LogP contribution in [0.25, 0.3) is 93.6 Å². The fourth-order valence-electron chi connectivity index (χ4n) is 9.29. The van der Waals surface area contributed by atoms with Crippen molar-refractivity contribution in [1.82, 2.24) is 4.57 Å². The van der Waals surface area contributed by atoms with Crippen molar-refractivity contribution in [3.63, 3.8) is 0 Å². The average molecular weight is 759 g/mol. The standard InChI is InChI=1S/C55H38N2O2/c1-35-12-4-3-11-29-56(40-22-27-54-47(33-40)42-15-7-9-17-52(42)58-54)49-24-19-38(30-44(35)49)39-21-26-51-46(32-39)45-31-37(36-13-5-2-6-14-36)20-25-50(45)57(51)41-23-28-55-48(34-41)43-16-8-10-18-53(43)59-55/h2-28,30-35H,29H2,1H3/b11-3-,12-4-. The number of fused-ring (bicyclic) bond motifs is 10. The van der Waals surface area contributed by atoms with E-state index in [1.54, 1.807) is 0 Å². The Bertz CT molecular complexity index is 3510. The summed E-state index contributed by atoms with van der Waals surface area (Å²) in [5.41, 5.74) is 15.5. The first-order valence-electron chi connectivity index (χ1n) is 20.4. The number of anilines is 2. The molecule has 0 spiro atoms. The molecule has 0 N–H and O–H groups in total. The molecule has 8 aromatic carbocycles. The molecule has 0 aliphatic carbocycles. The van der Waals surface area contributed by atoms with Crippen LogP contribution in [0.2, 0.25) is 0 Å². The highest BCUT2D eigenvalue weighted by Crippen LogP contribution is 2.42. The number of hydrogen-bond donors (Lipinski definition) is 0. The molecule has 11 aromatic rings. The Morgan fingerprint density at radius 2 is 1.00 bits per heavy atom. The number of rotatable bonds is 4. The molecule has 1 aliphatic rings. The van der Waals surface area contributed by atoms with Gasteiger partial charge in [-0.05, 0) is 113 Å². The molecular weight excluding hydrogens is 721 g/mol. The van der Waals surface area contributed by atoms with Crippen LogP contribution in [-0.4, -0.2) is 11.1 Å². The normalized spacial score (nSPS) is 15.5. The van der Waals surface area contributed by atoms with Crippen molar-refractivity contribution < 1.29 is 8.83 Å². The Morgan fingerprint density at radius 3 is 1.69 bits per heavy atom. The molecule has 0 saturated heterocycles. The third-order valence-corrected chi connectivity index (χ3v) is 12.2. The second-order valence-electron chi connectivity index (χ2n) is 15.7. The van der Waals surface area contributed by atoms with Gasteiger partial charge >= 0.3 is 0 Å². The van der Waals surface area contributed by atoms with E-state index in [1.165, 1.54) is 55.3 Å².